The average molecular weight is 218 g/mol. The summed E-state index contributed by atoms with van der Waals surface area (Å²) in [5.74, 6) is -0.967. The van der Waals surface area contributed by atoms with Crippen molar-refractivity contribution in [2.45, 2.75) is 33.5 Å². The van der Waals surface area contributed by atoms with Crippen LogP contribution in [0.3, 0.4) is 0 Å². The van der Waals surface area contributed by atoms with E-state index in [-0.39, 0.29) is 12.3 Å². The van der Waals surface area contributed by atoms with E-state index >= 15 is 0 Å². The van der Waals surface area contributed by atoms with E-state index in [4.69, 9.17) is 14.2 Å². The largest absolute Gasteiger partial charge is 0.425 e. The first-order valence-corrected chi connectivity index (χ1v) is 4.83. The summed E-state index contributed by atoms with van der Waals surface area (Å²) in [5.41, 5.74) is 0. The molecule has 0 aromatic rings. The van der Waals surface area contributed by atoms with Crippen LogP contribution in [-0.2, 0) is 23.8 Å². The van der Waals surface area contributed by atoms with Gasteiger partial charge in [-0.2, -0.15) is 0 Å². The first-order valence-electron chi connectivity index (χ1n) is 4.83. The molecule has 0 saturated carbocycles. The van der Waals surface area contributed by atoms with Crippen molar-refractivity contribution in [3.63, 3.8) is 0 Å². The molecule has 0 aliphatic rings. The Morgan fingerprint density at radius 3 is 2.20 bits per heavy atom. The number of hydrogen-bond acceptors (Lipinski definition) is 5. The van der Waals surface area contributed by atoms with Crippen molar-refractivity contribution in [1.29, 1.82) is 0 Å². The minimum atomic E-state index is -0.813. The molecule has 0 aromatic carbocycles. The zero-order valence-corrected chi connectivity index (χ0v) is 9.61. The van der Waals surface area contributed by atoms with Crippen LogP contribution in [0.2, 0.25) is 0 Å². The topological polar surface area (TPSA) is 61.8 Å². The molecule has 0 bridgehead atoms. The van der Waals surface area contributed by atoms with Crippen LogP contribution >= 0.6 is 0 Å². The molecule has 0 aliphatic carbocycles. The fraction of sp³-hybridized carbons (Fsp3) is 0.800. The van der Waals surface area contributed by atoms with E-state index in [9.17, 15) is 9.59 Å². The standard InChI is InChI=1S/C10H18O5/c1-7(2)10(14-8(3)11)15-9(12)5-6-13-4/h7,10H,5-6H2,1-4H3. The summed E-state index contributed by atoms with van der Waals surface area (Å²) in [4.78, 5) is 21.9. The van der Waals surface area contributed by atoms with Crippen molar-refractivity contribution in [2.24, 2.45) is 5.92 Å². The van der Waals surface area contributed by atoms with E-state index in [1.807, 2.05) is 0 Å². The second-order valence-corrected chi connectivity index (χ2v) is 3.45. The van der Waals surface area contributed by atoms with Crippen LogP contribution in [0.4, 0.5) is 0 Å². The molecule has 0 heterocycles. The maximum Gasteiger partial charge on any atom is 0.311 e. The summed E-state index contributed by atoms with van der Waals surface area (Å²) >= 11 is 0. The molecule has 0 aliphatic heterocycles. The first-order chi connectivity index (χ1) is 6.97. The molecule has 5 heteroatoms. The van der Waals surface area contributed by atoms with Crippen LogP contribution in [-0.4, -0.2) is 31.9 Å². The molecule has 1 unspecified atom stereocenters. The smallest absolute Gasteiger partial charge is 0.311 e. The highest BCUT2D eigenvalue weighted by Crippen LogP contribution is 2.09. The lowest BCUT2D eigenvalue weighted by molar-refractivity contribution is -0.194. The van der Waals surface area contributed by atoms with Crippen molar-refractivity contribution >= 4 is 11.9 Å². The monoisotopic (exact) mass is 218 g/mol. The summed E-state index contributed by atoms with van der Waals surface area (Å²) in [6.45, 7) is 5.18. The molecule has 0 spiro atoms. The van der Waals surface area contributed by atoms with Gasteiger partial charge in [-0.1, -0.05) is 13.8 Å². The third-order valence-corrected chi connectivity index (χ3v) is 1.58. The van der Waals surface area contributed by atoms with Gasteiger partial charge in [0.15, 0.2) is 0 Å². The van der Waals surface area contributed by atoms with Gasteiger partial charge in [0.2, 0.25) is 6.29 Å². The lowest BCUT2D eigenvalue weighted by Crippen LogP contribution is -2.28. The van der Waals surface area contributed by atoms with Crippen LogP contribution in [0.15, 0.2) is 0 Å². The van der Waals surface area contributed by atoms with Gasteiger partial charge in [0, 0.05) is 20.0 Å². The zero-order chi connectivity index (χ0) is 11.8. The van der Waals surface area contributed by atoms with E-state index < -0.39 is 18.2 Å². The van der Waals surface area contributed by atoms with Crippen molar-refractivity contribution < 1.29 is 23.8 Å². The van der Waals surface area contributed by atoms with Gasteiger partial charge in [0.1, 0.15) is 0 Å². The number of methoxy groups -OCH3 is 1. The molecule has 0 amide bonds. The Morgan fingerprint density at radius 2 is 1.80 bits per heavy atom. The Morgan fingerprint density at radius 1 is 1.20 bits per heavy atom. The second-order valence-electron chi connectivity index (χ2n) is 3.45. The number of carbonyl (C=O) groups is 2. The van der Waals surface area contributed by atoms with Crippen molar-refractivity contribution in [3.8, 4) is 0 Å². The molecule has 0 fully saturated rings. The van der Waals surface area contributed by atoms with Crippen molar-refractivity contribution in [1.82, 2.24) is 0 Å². The van der Waals surface area contributed by atoms with Crippen LogP contribution in [0.5, 0.6) is 0 Å². The van der Waals surface area contributed by atoms with Gasteiger partial charge in [-0.3, -0.25) is 9.59 Å². The molecular weight excluding hydrogens is 200 g/mol. The van der Waals surface area contributed by atoms with Gasteiger partial charge >= 0.3 is 11.9 Å². The highest BCUT2D eigenvalue weighted by molar-refractivity contribution is 5.70. The number of rotatable bonds is 6. The highest BCUT2D eigenvalue weighted by Gasteiger charge is 2.20. The maximum absolute atomic E-state index is 11.2. The van der Waals surface area contributed by atoms with Gasteiger partial charge in [0.25, 0.3) is 0 Å². The van der Waals surface area contributed by atoms with Crippen LogP contribution in [0.1, 0.15) is 27.2 Å². The van der Waals surface area contributed by atoms with Gasteiger partial charge in [-0.15, -0.1) is 0 Å². The number of carbonyl (C=O) groups excluding carboxylic acids is 2. The van der Waals surface area contributed by atoms with Gasteiger partial charge in [-0.05, 0) is 0 Å². The molecule has 15 heavy (non-hydrogen) atoms. The molecule has 5 nitrogen and oxygen atoms in total. The van der Waals surface area contributed by atoms with Gasteiger partial charge in [0.05, 0.1) is 13.0 Å². The molecule has 1 atom stereocenters. The maximum atomic E-state index is 11.2. The molecule has 0 saturated heterocycles. The summed E-state index contributed by atoms with van der Waals surface area (Å²) in [5, 5.41) is 0. The van der Waals surface area contributed by atoms with Gasteiger partial charge < -0.3 is 14.2 Å². The van der Waals surface area contributed by atoms with Crippen LogP contribution < -0.4 is 0 Å². The fourth-order valence-electron chi connectivity index (χ4n) is 0.834. The summed E-state index contributed by atoms with van der Waals surface area (Å²) in [6.07, 6.45) is -0.659. The first kappa shape index (κ1) is 13.9. The minimum absolute atomic E-state index is 0.0691. The number of ether oxygens (including phenoxy) is 3. The van der Waals surface area contributed by atoms with E-state index in [1.165, 1.54) is 14.0 Å². The molecular formula is C10H18O5. The molecule has 0 aromatic heterocycles. The fourth-order valence-corrected chi connectivity index (χ4v) is 0.834. The quantitative estimate of drug-likeness (QED) is 0.493. The predicted molar refractivity (Wildman–Crippen MR) is 53.0 cm³/mol. The Hall–Kier alpha value is -1.10. The summed E-state index contributed by atoms with van der Waals surface area (Å²) in [7, 11) is 1.50. The number of hydrogen-bond donors (Lipinski definition) is 0. The normalized spacial score (nSPS) is 12.3. The Balaban J connectivity index is 4.04. The third kappa shape index (κ3) is 6.90. The molecule has 0 rings (SSSR count). The van der Waals surface area contributed by atoms with E-state index in [0.29, 0.717) is 6.61 Å². The second kappa shape index (κ2) is 7.23. The number of esters is 2. The highest BCUT2D eigenvalue weighted by atomic mass is 16.7. The van der Waals surface area contributed by atoms with E-state index in [0.717, 1.165) is 0 Å². The van der Waals surface area contributed by atoms with E-state index in [1.54, 1.807) is 13.8 Å². The Bertz CT molecular complexity index is 212. The third-order valence-electron chi connectivity index (χ3n) is 1.58. The SMILES string of the molecule is COCCC(=O)OC(OC(C)=O)C(C)C. The zero-order valence-electron chi connectivity index (χ0n) is 9.61. The molecule has 0 radical (unpaired) electrons. The summed E-state index contributed by atoms with van der Waals surface area (Å²) in [6, 6.07) is 0. The minimum Gasteiger partial charge on any atom is -0.425 e. The Kier molecular flexibility index (Phi) is 6.70. The Labute approximate surface area is 89.7 Å². The summed E-state index contributed by atoms with van der Waals surface area (Å²) < 4.78 is 14.5. The van der Waals surface area contributed by atoms with Crippen LogP contribution in [0, 0.1) is 5.92 Å². The average Bonchev–Trinajstić information content (AvgIpc) is 2.12. The van der Waals surface area contributed by atoms with E-state index in [2.05, 4.69) is 0 Å². The predicted octanol–water partition coefficient (Wildman–Crippen LogP) is 1.11. The lowest BCUT2D eigenvalue weighted by atomic mass is 10.2. The molecule has 88 valence electrons. The van der Waals surface area contributed by atoms with Crippen molar-refractivity contribution in [2.75, 3.05) is 13.7 Å². The van der Waals surface area contributed by atoms with Gasteiger partial charge in [-0.25, -0.2) is 0 Å². The lowest BCUT2D eigenvalue weighted by Gasteiger charge is -2.20. The van der Waals surface area contributed by atoms with Crippen LogP contribution in [0.25, 0.3) is 0 Å². The van der Waals surface area contributed by atoms with Crippen molar-refractivity contribution in [3.05, 3.63) is 0 Å². The molecule has 0 N–H and O–H groups in total.